The van der Waals surface area contributed by atoms with Crippen LogP contribution in [-0.4, -0.2) is 33.9 Å². The Morgan fingerprint density at radius 1 is 1.81 bits per heavy atom. The van der Waals surface area contributed by atoms with Gasteiger partial charge in [-0.2, -0.15) is 5.10 Å². The number of nitrogens with one attached hydrogen (secondary N) is 2. The first-order valence-electron chi connectivity index (χ1n) is 5.57. The Kier molecular flexibility index (Phi) is 2.96. The number of carbonyl (C=O) groups is 1. The zero-order valence-electron chi connectivity index (χ0n) is 9.36. The Balaban J connectivity index is 2.02. The summed E-state index contributed by atoms with van der Waals surface area (Å²) in [7, 11) is 0. The minimum Gasteiger partial charge on any atom is -0.396 e. The SMILES string of the molecule is CC1(CO)CCCC1NC(=O)c1ccn[nH]1. The predicted octanol–water partition coefficient (Wildman–Crippen LogP) is 0.691. The van der Waals surface area contributed by atoms with Crippen LogP contribution < -0.4 is 5.32 Å². The van der Waals surface area contributed by atoms with Crippen LogP contribution in [0.25, 0.3) is 0 Å². The maximum absolute atomic E-state index is 11.8. The molecule has 5 nitrogen and oxygen atoms in total. The molecular formula is C11H17N3O2. The number of nitrogens with zero attached hydrogens (tertiary/aromatic N) is 1. The summed E-state index contributed by atoms with van der Waals surface area (Å²) in [6.45, 7) is 2.12. The van der Waals surface area contributed by atoms with Crippen LogP contribution in [0.4, 0.5) is 0 Å². The monoisotopic (exact) mass is 223 g/mol. The first-order valence-corrected chi connectivity index (χ1v) is 5.57. The summed E-state index contributed by atoms with van der Waals surface area (Å²) in [6.07, 6.45) is 4.48. The van der Waals surface area contributed by atoms with Crippen molar-refractivity contribution in [1.82, 2.24) is 15.5 Å². The molecule has 0 aliphatic heterocycles. The van der Waals surface area contributed by atoms with Crippen molar-refractivity contribution in [1.29, 1.82) is 0 Å². The van der Waals surface area contributed by atoms with Gasteiger partial charge in [0.25, 0.3) is 5.91 Å². The number of rotatable bonds is 3. The maximum atomic E-state index is 11.8. The number of hydrogen-bond acceptors (Lipinski definition) is 3. The van der Waals surface area contributed by atoms with Crippen molar-refractivity contribution in [2.24, 2.45) is 5.41 Å². The molecule has 0 bridgehead atoms. The third-order valence-corrected chi connectivity index (χ3v) is 3.49. The molecule has 2 atom stereocenters. The summed E-state index contributed by atoms with van der Waals surface area (Å²) in [6, 6.07) is 1.69. The van der Waals surface area contributed by atoms with Crippen molar-refractivity contribution in [3.8, 4) is 0 Å². The van der Waals surface area contributed by atoms with E-state index in [0.717, 1.165) is 19.3 Å². The van der Waals surface area contributed by atoms with Gasteiger partial charge in [0.1, 0.15) is 5.69 Å². The van der Waals surface area contributed by atoms with E-state index < -0.39 is 0 Å². The van der Waals surface area contributed by atoms with Crippen LogP contribution in [0.1, 0.15) is 36.7 Å². The van der Waals surface area contributed by atoms with Crippen molar-refractivity contribution in [2.75, 3.05) is 6.61 Å². The zero-order chi connectivity index (χ0) is 11.6. The number of H-pyrrole nitrogens is 1. The quantitative estimate of drug-likeness (QED) is 0.705. The average molecular weight is 223 g/mol. The second-order valence-electron chi connectivity index (χ2n) is 4.70. The second kappa shape index (κ2) is 4.25. The minimum absolute atomic E-state index is 0.0494. The summed E-state index contributed by atoms with van der Waals surface area (Å²) in [5.41, 5.74) is 0.280. The average Bonchev–Trinajstić information content (AvgIpc) is 2.89. The lowest BCUT2D eigenvalue weighted by atomic mass is 9.86. The van der Waals surface area contributed by atoms with E-state index in [1.807, 2.05) is 6.92 Å². The van der Waals surface area contributed by atoms with Gasteiger partial charge in [0, 0.05) is 17.7 Å². The second-order valence-corrected chi connectivity index (χ2v) is 4.70. The third kappa shape index (κ3) is 1.95. The standard InChI is InChI=1S/C11H17N3O2/c1-11(7-15)5-2-3-9(11)13-10(16)8-4-6-12-14-8/h4,6,9,15H,2-3,5,7H2,1H3,(H,12,14)(H,13,16). The van der Waals surface area contributed by atoms with Gasteiger partial charge in [0.2, 0.25) is 0 Å². The van der Waals surface area contributed by atoms with Gasteiger partial charge in [0.05, 0.1) is 6.61 Å². The molecule has 0 aromatic carbocycles. The molecule has 1 aromatic heterocycles. The lowest BCUT2D eigenvalue weighted by molar-refractivity contribution is 0.0826. The van der Waals surface area contributed by atoms with Crippen molar-refractivity contribution >= 4 is 5.91 Å². The van der Waals surface area contributed by atoms with E-state index in [4.69, 9.17) is 0 Å². The highest BCUT2D eigenvalue weighted by atomic mass is 16.3. The summed E-state index contributed by atoms with van der Waals surface area (Å²) in [4.78, 5) is 11.8. The van der Waals surface area contributed by atoms with Crippen LogP contribution in [0.2, 0.25) is 0 Å². The van der Waals surface area contributed by atoms with E-state index in [9.17, 15) is 9.90 Å². The van der Waals surface area contributed by atoms with Crippen molar-refractivity contribution in [3.05, 3.63) is 18.0 Å². The van der Waals surface area contributed by atoms with E-state index in [-0.39, 0.29) is 24.0 Å². The summed E-state index contributed by atoms with van der Waals surface area (Å²) >= 11 is 0. The predicted molar refractivity (Wildman–Crippen MR) is 58.9 cm³/mol. The van der Waals surface area contributed by atoms with Gasteiger partial charge in [-0.1, -0.05) is 13.3 Å². The highest BCUT2D eigenvalue weighted by Gasteiger charge is 2.39. The molecule has 2 rings (SSSR count). The van der Waals surface area contributed by atoms with Crippen LogP contribution in [0.3, 0.4) is 0 Å². The molecule has 3 N–H and O–H groups in total. The summed E-state index contributed by atoms with van der Waals surface area (Å²) in [5, 5.41) is 18.7. The first kappa shape index (κ1) is 11.1. The lowest BCUT2D eigenvalue weighted by Gasteiger charge is -2.29. The number of amides is 1. The Labute approximate surface area is 94.2 Å². The minimum atomic E-state index is -0.185. The fourth-order valence-electron chi connectivity index (χ4n) is 2.29. The number of aromatic amines is 1. The fourth-order valence-corrected chi connectivity index (χ4v) is 2.29. The van der Waals surface area contributed by atoms with E-state index in [0.29, 0.717) is 5.69 Å². The van der Waals surface area contributed by atoms with Gasteiger partial charge in [-0.05, 0) is 18.9 Å². The molecule has 5 heteroatoms. The van der Waals surface area contributed by atoms with Crippen molar-refractivity contribution in [2.45, 2.75) is 32.2 Å². The molecule has 16 heavy (non-hydrogen) atoms. The third-order valence-electron chi connectivity index (χ3n) is 3.49. The van der Waals surface area contributed by atoms with Crippen LogP contribution in [0.5, 0.6) is 0 Å². The van der Waals surface area contributed by atoms with E-state index in [2.05, 4.69) is 15.5 Å². The van der Waals surface area contributed by atoms with Gasteiger partial charge in [-0.25, -0.2) is 0 Å². The Bertz CT molecular complexity index is 363. The molecule has 0 spiro atoms. The summed E-state index contributed by atoms with van der Waals surface area (Å²) in [5.74, 6) is -0.149. The van der Waals surface area contributed by atoms with E-state index in [1.54, 1.807) is 12.3 Å². The number of carbonyl (C=O) groups excluding carboxylic acids is 1. The van der Waals surface area contributed by atoms with E-state index in [1.165, 1.54) is 0 Å². The van der Waals surface area contributed by atoms with Gasteiger partial charge in [0.15, 0.2) is 0 Å². The van der Waals surface area contributed by atoms with Crippen LogP contribution in [-0.2, 0) is 0 Å². The zero-order valence-corrected chi connectivity index (χ0v) is 9.36. The molecule has 1 aliphatic carbocycles. The van der Waals surface area contributed by atoms with Crippen LogP contribution in [0, 0.1) is 5.41 Å². The molecule has 1 aliphatic rings. The Hall–Kier alpha value is -1.36. The fraction of sp³-hybridized carbons (Fsp3) is 0.636. The molecular weight excluding hydrogens is 206 g/mol. The molecule has 1 aromatic rings. The molecule has 1 saturated carbocycles. The number of aromatic nitrogens is 2. The topological polar surface area (TPSA) is 78.0 Å². The molecule has 1 fully saturated rings. The molecule has 0 saturated heterocycles. The Morgan fingerprint density at radius 3 is 3.25 bits per heavy atom. The number of aliphatic hydroxyl groups is 1. The molecule has 0 radical (unpaired) electrons. The largest absolute Gasteiger partial charge is 0.396 e. The van der Waals surface area contributed by atoms with Crippen LogP contribution in [0.15, 0.2) is 12.3 Å². The van der Waals surface area contributed by atoms with Gasteiger partial charge in [-0.15, -0.1) is 0 Å². The van der Waals surface area contributed by atoms with Gasteiger partial charge >= 0.3 is 0 Å². The smallest absolute Gasteiger partial charge is 0.269 e. The molecule has 88 valence electrons. The van der Waals surface area contributed by atoms with E-state index >= 15 is 0 Å². The highest BCUT2D eigenvalue weighted by Crippen LogP contribution is 2.37. The molecule has 1 amide bonds. The molecule has 2 unspecified atom stereocenters. The van der Waals surface area contributed by atoms with Gasteiger partial charge in [-0.3, -0.25) is 9.89 Å². The lowest BCUT2D eigenvalue weighted by Crippen LogP contribution is -2.44. The van der Waals surface area contributed by atoms with Gasteiger partial charge < -0.3 is 10.4 Å². The highest BCUT2D eigenvalue weighted by molar-refractivity contribution is 5.92. The van der Waals surface area contributed by atoms with Crippen molar-refractivity contribution in [3.63, 3.8) is 0 Å². The first-order chi connectivity index (χ1) is 7.65. The van der Waals surface area contributed by atoms with Crippen LogP contribution >= 0.6 is 0 Å². The van der Waals surface area contributed by atoms with Crippen molar-refractivity contribution < 1.29 is 9.90 Å². The normalized spacial score (nSPS) is 29.2. The Morgan fingerprint density at radius 2 is 2.62 bits per heavy atom. The maximum Gasteiger partial charge on any atom is 0.269 e. The molecule has 1 heterocycles. The number of hydrogen-bond donors (Lipinski definition) is 3. The summed E-state index contributed by atoms with van der Waals surface area (Å²) < 4.78 is 0. The number of aliphatic hydroxyl groups excluding tert-OH is 1.